The standard InChI is InChI=1S/C19H18O3/c1-3-12-22-18-9-4-6-15(13-18)10-11-19(20)16-7-5-8-17(14-16)21-2/h3-11,13-14H,1,12H2,2H3. The molecule has 0 amide bonds. The van der Waals surface area contributed by atoms with Crippen LogP contribution in [0, 0.1) is 0 Å². The average molecular weight is 294 g/mol. The molecule has 2 aromatic carbocycles. The van der Waals surface area contributed by atoms with Gasteiger partial charge in [-0.25, -0.2) is 0 Å². The van der Waals surface area contributed by atoms with Gasteiger partial charge in [0.05, 0.1) is 7.11 Å². The molecule has 0 aliphatic heterocycles. The van der Waals surface area contributed by atoms with Crippen molar-refractivity contribution in [3.63, 3.8) is 0 Å². The molecule has 0 N–H and O–H groups in total. The maximum atomic E-state index is 12.2. The summed E-state index contributed by atoms with van der Waals surface area (Å²) >= 11 is 0. The van der Waals surface area contributed by atoms with Gasteiger partial charge < -0.3 is 9.47 Å². The fraction of sp³-hybridized carbons (Fsp3) is 0.105. The van der Waals surface area contributed by atoms with Gasteiger partial charge in [-0.15, -0.1) is 0 Å². The van der Waals surface area contributed by atoms with Gasteiger partial charge in [-0.1, -0.05) is 43.0 Å². The van der Waals surface area contributed by atoms with Crippen LogP contribution in [0.4, 0.5) is 0 Å². The first kappa shape index (κ1) is 15.6. The van der Waals surface area contributed by atoms with Crippen LogP contribution in [0.25, 0.3) is 6.08 Å². The largest absolute Gasteiger partial charge is 0.497 e. The van der Waals surface area contributed by atoms with E-state index >= 15 is 0 Å². The third kappa shape index (κ3) is 4.35. The van der Waals surface area contributed by atoms with E-state index in [1.165, 1.54) is 0 Å². The van der Waals surface area contributed by atoms with Gasteiger partial charge in [-0.2, -0.15) is 0 Å². The molecule has 0 aliphatic carbocycles. The minimum absolute atomic E-state index is 0.0729. The highest BCUT2D eigenvalue weighted by molar-refractivity contribution is 6.07. The third-order valence-electron chi connectivity index (χ3n) is 3.01. The number of rotatable bonds is 7. The van der Waals surface area contributed by atoms with Crippen LogP contribution in [0.3, 0.4) is 0 Å². The molecule has 0 bridgehead atoms. The lowest BCUT2D eigenvalue weighted by molar-refractivity contribution is 0.104. The maximum absolute atomic E-state index is 12.2. The molecule has 0 aromatic heterocycles. The summed E-state index contributed by atoms with van der Waals surface area (Å²) in [5, 5.41) is 0. The SMILES string of the molecule is C=CCOc1cccc(C=CC(=O)c2cccc(OC)c2)c1. The number of ketones is 1. The Morgan fingerprint density at radius 3 is 2.68 bits per heavy atom. The lowest BCUT2D eigenvalue weighted by Crippen LogP contribution is -1.95. The van der Waals surface area contributed by atoms with Gasteiger partial charge in [-0.05, 0) is 35.9 Å². The lowest BCUT2D eigenvalue weighted by Gasteiger charge is -2.03. The predicted molar refractivity (Wildman–Crippen MR) is 88.5 cm³/mol. The highest BCUT2D eigenvalue weighted by atomic mass is 16.5. The molecule has 0 saturated heterocycles. The summed E-state index contributed by atoms with van der Waals surface area (Å²) in [6.45, 7) is 4.07. The summed E-state index contributed by atoms with van der Waals surface area (Å²) in [5.74, 6) is 1.34. The van der Waals surface area contributed by atoms with Crippen molar-refractivity contribution in [1.82, 2.24) is 0 Å². The third-order valence-corrected chi connectivity index (χ3v) is 3.01. The molecule has 0 aliphatic rings. The number of benzene rings is 2. The molecule has 0 fully saturated rings. The Kier molecular flexibility index (Phi) is 5.55. The molecule has 0 heterocycles. The monoisotopic (exact) mass is 294 g/mol. The summed E-state index contributed by atoms with van der Waals surface area (Å²) in [6, 6.07) is 14.6. The van der Waals surface area contributed by atoms with Gasteiger partial charge in [0.15, 0.2) is 5.78 Å². The number of hydrogen-bond acceptors (Lipinski definition) is 3. The van der Waals surface area contributed by atoms with Gasteiger partial charge in [0, 0.05) is 5.56 Å². The first-order chi connectivity index (χ1) is 10.7. The van der Waals surface area contributed by atoms with Gasteiger partial charge in [0.2, 0.25) is 0 Å². The Labute approximate surface area is 130 Å². The van der Waals surface area contributed by atoms with Crippen LogP contribution < -0.4 is 9.47 Å². The van der Waals surface area contributed by atoms with Crippen LogP contribution in [0.5, 0.6) is 11.5 Å². The summed E-state index contributed by atoms with van der Waals surface area (Å²) in [7, 11) is 1.58. The molecule has 0 unspecified atom stereocenters. The van der Waals surface area contributed by atoms with Crippen LogP contribution in [0.2, 0.25) is 0 Å². The zero-order chi connectivity index (χ0) is 15.8. The molecule has 2 aromatic rings. The molecule has 2 rings (SSSR count). The molecule has 22 heavy (non-hydrogen) atoms. The minimum atomic E-state index is -0.0729. The van der Waals surface area contributed by atoms with E-state index in [1.807, 2.05) is 24.3 Å². The fourth-order valence-electron chi connectivity index (χ4n) is 1.91. The lowest BCUT2D eigenvalue weighted by atomic mass is 10.1. The van der Waals surface area contributed by atoms with E-state index < -0.39 is 0 Å². The van der Waals surface area contributed by atoms with Crippen LogP contribution in [-0.4, -0.2) is 19.5 Å². The summed E-state index contributed by atoms with van der Waals surface area (Å²) in [5.41, 5.74) is 1.49. The maximum Gasteiger partial charge on any atom is 0.185 e. The van der Waals surface area contributed by atoms with Crippen LogP contribution in [0.15, 0.2) is 67.3 Å². The van der Waals surface area contributed by atoms with Gasteiger partial charge in [0.1, 0.15) is 18.1 Å². The Hall–Kier alpha value is -2.81. The highest BCUT2D eigenvalue weighted by Gasteiger charge is 2.03. The molecule has 3 heteroatoms. The first-order valence-corrected chi connectivity index (χ1v) is 6.93. The van der Waals surface area contributed by atoms with E-state index in [1.54, 1.807) is 49.6 Å². The number of ether oxygens (including phenoxy) is 2. The van der Waals surface area contributed by atoms with Gasteiger partial charge in [-0.3, -0.25) is 4.79 Å². The van der Waals surface area contributed by atoms with Crippen molar-refractivity contribution in [2.45, 2.75) is 0 Å². The topological polar surface area (TPSA) is 35.5 Å². The Bertz CT molecular complexity index is 687. The van der Waals surface area contributed by atoms with Crippen LogP contribution in [-0.2, 0) is 0 Å². The molecule has 112 valence electrons. The minimum Gasteiger partial charge on any atom is -0.497 e. The Balaban J connectivity index is 2.10. The summed E-state index contributed by atoms with van der Waals surface area (Å²) < 4.78 is 10.6. The fourth-order valence-corrected chi connectivity index (χ4v) is 1.91. The van der Waals surface area contributed by atoms with Crippen molar-refractivity contribution in [2.75, 3.05) is 13.7 Å². The zero-order valence-electron chi connectivity index (χ0n) is 12.5. The van der Waals surface area contributed by atoms with Crippen molar-refractivity contribution in [2.24, 2.45) is 0 Å². The van der Waals surface area contributed by atoms with E-state index in [2.05, 4.69) is 6.58 Å². The predicted octanol–water partition coefficient (Wildman–Crippen LogP) is 4.16. The quantitative estimate of drug-likeness (QED) is 0.437. The number of methoxy groups -OCH3 is 1. The molecule has 3 nitrogen and oxygen atoms in total. The molecule has 0 saturated carbocycles. The van der Waals surface area contributed by atoms with Crippen molar-refractivity contribution in [1.29, 1.82) is 0 Å². The van der Waals surface area contributed by atoms with E-state index in [-0.39, 0.29) is 5.78 Å². The second-order valence-electron chi connectivity index (χ2n) is 4.60. The van der Waals surface area contributed by atoms with Gasteiger partial charge in [0.25, 0.3) is 0 Å². The number of carbonyl (C=O) groups is 1. The van der Waals surface area contributed by atoms with E-state index in [0.29, 0.717) is 17.9 Å². The average Bonchev–Trinajstić information content (AvgIpc) is 2.58. The summed E-state index contributed by atoms with van der Waals surface area (Å²) in [6.07, 6.45) is 5.00. The number of carbonyl (C=O) groups excluding carboxylic acids is 1. The summed E-state index contributed by atoms with van der Waals surface area (Å²) in [4.78, 5) is 12.2. The van der Waals surface area contributed by atoms with Crippen LogP contribution in [0.1, 0.15) is 15.9 Å². The molecule has 0 atom stereocenters. The van der Waals surface area contributed by atoms with Crippen molar-refractivity contribution >= 4 is 11.9 Å². The molecular weight excluding hydrogens is 276 g/mol. The molecule has 0 radical (unpaired) electrons. The van der Waals surface area contributed by atoms with E-state index in [0.717, 1.165) is 11.3 Å². The van der Waals surface area contributed by atoms with Crippen molar-refractivity contribution < 1.29 is 14.3 Å². The number of allylic oxidation sites excluding steroid dienone is 1. The first-order valence-electron chi connectivity index (χ1n) is 6.93. The van der Waals surface area contributed by atoms with Gasteiger partial charge >= 0.3 is 0 Å². The molecular formula is C19H18O3. The zero-order valence-corrected chi connectivity index (χ0v) is 12.5. The van der Waals surface area contributed by atoms with E-state index in [4.69, 9.17) is 9.47 Å². The second-order valence-corrected chi connectivity index (χ2v) is 4.60. The van der Waals surface area contributed by atoms with E-state index in [9.17, 15) is 4.79 Å². The smallest absolute Gasteiger partial charge is 0.185 e. The molecule has 0 spiro atoms. The second kappa shape index (κ2) is 7.84. The Morgan fingerprint density at radius 2 is 1.91 bits per heavy atom. The normalized spacial score (nSPS) is 10.4. The van der Waals surface area contributed by atoms with Crippen molar-refractivity contribution in [3.05, 3.63) is 78.4 Å². The van der Waals surface area contributed by atoms with Crippen molar-refractivity contribution in [3.8, 4) is 11.5 Å². The Morgan fingerprint density at radius 1 is 1.14 bits per heavy atom. The highest BCUT2D eigenvalue weighted by Crippen LogP contribution is 2.16. The van der Waals surface area contributed by atoms with Crippen LogP contribution >= 0.6 is 0 Å². The number of hydrogen-bond donors (Lipinski definition) is 0.